The van der Waals surface area contributed by atoms with E-state index in [0.29, 0.717) is 10.8 Å². The van der Waals surface area contributed by atoms with Gasteiger partial charge in [0, 0.05) is 10.8 Å². The minimum absolute atomic E-state index is 0. The van der Waals surface area contributed by atoms with Crippen molar-refractivity contribution in [3.05, 3.63) is 66.2 Å². The topological polar surface area (TPSA) is 66.4 Å². The summed E-state index contributed by atoms with van der Waals surface area (Å²) < 4.78 is 38.9. The standard InChI is InChI=1S/C19H14O4S.Na/c1-12-14-7-4-5-9-17(14)19(23-24(20,21)22)18-15(12)11-10-13-6-2-3-8-16(13)18;/h2-11H,1H3,(H,20,21,22);/q;+1/p-1. The van der Waals surface area contributed by atoms with E-state index in [4.69, 9.17) is 4.18 Å². The number of hydrogen-bond donors (Lipinski definition) is 0. The minimum atomic E-state index is -4.89. The molecule has 0 aliphatic heterocycles. The van der Waals surface area contributed by atoms with Crippen molar-refractivity contribution in [1.29, 1.82) is 0 Å². The van der Waals surface area contributed by atoms with E-state index in [1.807, 2.05) is 55.5 Å². The van der Waals surface area contributed by atoms with Gasteiger partial charge in [0.15, 0.2) is 5.75 Å². The van der Waals surface area contributed by atoms with Crippen molar-refractivity contribution in [3.63, 3.8) is 0 Å². The van der Waals surface area contributed by atoms with Crippen molar-refractivity contribution in [2.45, 2.75) is 6.92 Å². The molecule has 0 atom stereocenters. The van der Waals surface area contributed by atoms with E-state index in [9.17, 15) is 13.0 Å². The fourth-order valence-electron chi connectivity index (χ4n) is 3.31. The van der Waals surface area contributed by atoms with Crippen LogP contribution in [0.25, 0.3) is 32.3 Å². The molecule has 0 amide bonds. The van der Waals surface area contributed by atoms with Crippen LogP contribution < -0.4 is 33.7 Å². The Morgan fingerprint density at radius 3 is 2.08 bits per heavy atom. The maximum absolute atomic E-state index is 11.3. The fraction of sp³-hybridized carbons (Fsp3) is 0.0526. The molecule has 0 aromatic heterocycles. The number of fused-ring (bicyclic) bond motifs is 4. The summed E-state index contributed by atoms with van der Waals surface area (Å²) in [5, 5.41) is 4.78. The first kappa shape index (κ1) is 18.2. The zero-order chi connectivity index (χ0) is 16.9. The van der Waals surface area contributed by atoms with Gasteiger partial charge in [-0.15, -0.1) is 0 Å². The maximum Gasteiger partial charge on any atom is 1.00 e. The molecule has 0 fully saturated rings. The average molecular weight is 360 g/mol. The van der Waals surface area contributed by atoms with Crippen LogP contribution in [0.4, 0.5) is 0 Å². The van der Waals surface area contributed by atoms with E-state index in [1.54, 1.807) is 12.1 Å². The second kappa shape index (κ2) is 6.59. The largest absolute Gasteiger partial charge is 1.00 e. The molecular weight excluding hydrogens is 347 g/mol. The summed E-state index contributed by atoms with van der Waals surface area (Å²) in [7, 11) is -4.89. The minimum Gasteiger partial charge on any atom is -0.716 e. The van der Waals surface area contributed by atoms with Crippen LogP contribution in [0.15, 0.2) is 60.7 Å². The van der Waals surface area contributed by atoms with Gasteiger partial charge in [0.05, 0.1) is 0 Å². The van der Waals surface area contributed by atoms with Crippen molar-refractivity contribution >= 4 is 42.7 Å². The number of benzene rings is 4. The molecule has 4 aromatic rings. The summed E-state index contributed by atoms with van der Waals surface area (Å²) in [6, 6.07) is 18.9. The molecule has 4 nitrogen and oxygen atoms in total. The second-order valence-corrected chi connectivity index (χ2v) is 6.68. The predicted molar refractivity (Wildman–Crippen MR) is 94.0 cm³/mol. The van der Waals surface area contributed by atoms with E-state index >= 15 is 0 Å². The Kier molecular flexibility index (Phi) is 4.79. The van der Waals surface area contributed by atoms with Crippen molar-refractivity contribution in [1.82, 2.24) is 0 Å². The van der Waals surface area contributed by atoms with Gasteiger partial charge in [-0.2, -0.15) is 0 Å². The fourth-order valence-corrected chi connectivity index (χ4v) is 3.68. The van der Waals surface area contributed by atoms with Crippen LogP contribution in [-0.2, 0) is 10.4 Å². The molecule has 120 valence electrons. The van der Waals surface area contributed by atoms with Gasteiger partial charge in [0.2, 0.25) is 0 Å². The summed E-state index contributed by atoms with van der Waals surface area (Å²) in [6.45, 7) is 1.98. The van der Waals surface area contributed by atoms with Crippen molar-refractivity contribution in [2.75, 3.05) is 0 Å². The quantitative estimate of drug-likeness (QED) is 0.178. The Labute approximate surface area is 167 Å². The molecule has 0 radical (unpaired) electrons. The number of rotatable bonds is 2. The summed E-state index contributed by atoms with van der Waals surface area (Å²) in [5.41, 5.74) is 1.02. The van der Waals surface area contributed by atoms with E-state index in [1.165, 1.54) is 0 Å². The van der Waals surface area contributed by atoms with E-state index in [0.717, 1.165) is 27.1 Å². The molecule has 0 saturated heterocycles. The molecule has 0 N–H and O–H groups in total. The third-order valence-corrected chi connectivity index (χ3v) is 4.69. The molecule has 25 heavy (non-hydrogen) atoms. The summed E-state index contributed by atoms with van der Waals surface area (Å²) >= 11 is 0. The molecule has 6 heteroatoms. The monoisotopic (exact) mass is 360 g/mol. The molecule has 4 aromatic carbocycles. The molecule has 0 aliphatic rings. The summed E-state index contributed by atoms with van der Waals surface area (Å²) in [4.78, 5) is 0. The van der Waals surface area contributed by atoms with Crippen molar-refractivity contribution in [2.24, 2.45) is 0 Å². The predicted octanol–water partition coefficient (Wildman–Crippen LogP) is 1.30. The Hall–Kier alpha value is -1.63. The van der Waals surface area contributed by atoms with Gasteiger partial charge < -0.3 is 8.74 Å². The van der Waals surface area contributed by atoms with Gasteiger partial charge in [-0.1, -0.05) is 60.7 Å². The Morgan fingerprint density at radius 2 is 1.40 bits per heavy atom. The molecule has 0 unspecified atom stereocenters. The van der Waals surface area contributed by atoms with Gasteiger partial charge in [0.25, 0.3) is 10.4 Å². The maximum atomic E-state index is 11.3. The van der Waals surface area contributed by atoms with Crippen molar-refractivity contribution in [3.8, 4) is 5.75 Å². The zero-order valence-electron chi connectivity index (χ0n) is 13.8. The molecule has 4 rings (SSSR count). The van der Waals surface area contributed by atoms with Gasteiger partial charge in [-0.3, -0.25) is 0 Å². The Balaban J connectivity index is 0.00000182. The van der Waals surface area contributed by atoms with E-state index < -0.39 is 10.4 Å². The van der Waals surface area contributed by atoms with Crippen LogP contribution in [0.5, 0.6) is 5.75 Å². The molecule has 0 spiro atoms. The van der Waals surface area contributed by atoms with Crippen LogP contribution in [0, 0.1) is 6.92 Å². The van der Waals surface area contributed by atoms with Crippen LogP contribution in [0.2, 0.25) is 0 Å². The molecular formula is C19H13NaO4S. The zero-order valence-corrected chi connectivity index (χ0v) is 16.6. The number of aryl methyl sites for hydroxylation is 1. The Morgan fingerprint density at radius 1 is 0.800 bits per heavy atom. The normalized spacial score (nSPS) is 11.6. The average Bonchev–Trinajstić information content (AvgIpc) is 2.57. The third-order valence-electron chi connectivity index (χ3n) is 4.32. The van der Waals surface area contributed by atoms with E-state index in [2.05, 4.69) is 0 Å². The van der Waals surface area contributed by atoms with E-state index in [-0.39, 0.29) is 35.3 Å². The van der Waals surface area contributed by atoms with Crippen LogP contribution >= 0.6 is 0 Å². The summed E-state index contributed by atoms with van der Waals surface area (Å²) in [6.07, 6.45) is 0. The van der Waals surface area contributed by atoms with Gasteiger partial charge in [-0.25, -0.2) is 8.42 Å². The van der Waals surface area contributed by atoms with Gasteiger partial charge >= 0.3 is 29.6 Å². The smallest absolute Gasteiger partial charge is 0.716 e. The van der Waals surface area contributed by atoms with Gasteiger partial charge in [0.1, 0.15) is 0 Å². The van der Waals surface area contributed by atoms with Crippen LogP contribution in [0.3, 0.4) is 0 Å². The molecule has 0 bridgehead atoms. The second-order valence-electron chi connectivity index (χ2n) is 5.70. The third kappa shape index (κ3) is 3.14. The van der Waals surface area contributed by atoms with Crippen LogP contribution in [-0.4, -0.2) is 13.0 Å². The molecule has 0 heterocycles. The van der Waals surface area contributed by atoms with Gasteiger partial charge in [-0.05, 0) is 34.0 Å². The number of hydrogen-bond acceptors (Lipinski definition) is 4. The van der Waals surface area contributed by atoms with Crippen LogP contribution in [0.1, 0.15) is 5.56 Å². The summed E-state index contributed by atoms with van der Waals surface area (Å²) in [5.74, 6) is 0.0954. The first-order valence-corrected chi connectivity index (χ1v) is 8.77. The van der Waals surface area contributed by atoms with Crippen molar-refractivity contribution < 1.29 is 46.7 Å². The Bertz CT molecular complexity index is 1220. The first-order valence-electron chi connectivity index (χ1n) is 7.44. The molecule has 0 saturated carbocycles. The molecule has 0 aliphatic carbocycles. The first-order chi connectivity index (χ1) is 11.5. The SMILES string of the molecule is Cc1c2ccccc2c(OS(=O)(=O)[O-])c2c1ccc1ccccc12.[Na+].